The summed E-state index contributed by atoms with van der Waals surface area (Å²) in [7, 11) is 0. The molecule has 2 aromatic heterocycles. The van der Waals surface area contributed by atoms with Crippen LogP contribution in [0.25, 0.3) is 0 Å². The molecule has 2 rings (SSSR count). The molecule has 0 saturated heterocycles. The zero-order valence-electron chi connectivity index (χ0n) is 7.16. The van der Waals surface area contributed by atoms with Gasteiger partial charge in [0.2, 0.25) is 0 Å². The molecule has 0 atom stereocenters. The molecule has 0 radical (unpaired) electrons. The lowest BCUT2D eigenvalue weighted by atomic mass is 10.1. The minimum absolute atomic E-state index is 0.645. The summed E-state index contributed by atoms with van der Waals surface area (Å²) in [6.07, 6.45) is 5.14. The van der Waals surface area contributed by atoms with Gasteiger partial charge in [0, 0.05) is 12.0 Å². The average molecular weight is 177 g/mol. The molecule has 4 heteroatoms. The number of nitrogens with zero attached hydrogens (tertiary/aromatic N) is 1. The molecule has 2 heterocycles. The molecule has 0 aliphatic carbocycles. The van der Waals surface area contributed by atoms with Crippen LogP contribution in [0.5, 0.6) is 0 Å². The number of hydrogen-bond acceptors (Lipinski definition) is 3. The van der Waals surface area contributed by atoms with Crippen molar-refractivity contribution in [1.82, 2.24) is 10.2 Å². The van der Waals surface area contributed by atoms with Crippen LogP contribution in [-0.2, 0) is 12.8 Å². The van der Waals surface area contributed by atoms with E-state index in [2.05, 4.69) is 10.2 Å². The van der Waals surface area contributed by atoms with Gasteiger partial charge in [-0.25, -0.2) is 0 Å². The number of hydrogen-bond donors (Lipinski definition) is 2. The lowest BCUT2D eigenvalue weighted by Gasteiger charge is -1.95. The lowest BCUT2D eigenvalue weighted by molar-refractivity contribution is 0.508. The Labute approximate surface area is 75.7 Å². The van der Waals surface area contributed by atoms with E-state index in [4.69, 9.17) is 10.2 Å². The number of furan rings is 1. The lowest BCUT2D eigenvalue weighted by Crippen LogP contribution is -1.93. The zero-order chi connectivity index (χ0) is 9.10. The van der Waals surface area contributed by atoms with Crippen molar-refractivity contribution in [3.8, 4) is 0 Å². The van der Waals surface area contributed by atoms with Crippen molar-refractivity contribution in [1.29, 1.82) is 0 Å². The van der Waals surface area contributed by atoms with Gasteiger partial charge in [-0.15, -0.1) is 0 Å². The third kappa shape index (κ3) is 1.72. The number of aromatic amines is 1. The van der Waals surface area contributed by atoms with Gasteiger partial charge >= 0.3 is 0 Å². The molecular weight excluding hydrogens is 166 g/mol. The predicted octanol–water partition coefficient (Wildman–Crippen LogP) is 1.37. The first-order valence-corrected chi connectivity index (χ1v) is 4.16. The summed E-state index contributed by atoms with van der Waals surface area (Å²) in [5.74, 6) is 1.62. The molecule has 0 unspecified atom stereocenters. The third-order valence-electron chi connectivity index (χ3n) is 1.97. The van der Waals surface area contributed by atoms with E-state index in [0.717, 1.165) is 24.2 Å². The third-order valence-corrected chi connectivity index (χ3v) is 1.97. The molecule has 68 valence electrons. The highest BCUT2D eigenvalue weighted by Crippen LogP contribution is 2.11. The first-order chi connectivity index (χ1) is 6.36. The summed E-state index contributed by atoms with van der Waals surface area (Å²) in [5.41, 5.74) is 6.67. The largest absolute Gasteiger partial charge is 0.469 e. The average Bonchev–Trinajstić information content (AvgIpc) is 2.72. The van der Waals surface area contributed by atoms with Crippen LogP contribution in [0, 0.1) is 0 Å². The first kappa shape index (κ1) is 7.91. The van der Waals surface area contributed by atoms with Crippen LogP contribution < -0.4 is 5.73 Å². The van der Waals surface area contributed by atoms with Crippen molar-refractivity contribution in [3.63, 3.8) is 0 Å². The number of aromatic nitrogens is 2. The van der Waals surface area contributed by atoms with Crippen molar-refractivity contribution < 1.29 is 4.42 Å². The number of nitrogens with two attached hydrogens (primary N) is 1. The van der Waals surface area contributed by atoms with E-state index in [1.807, 2.05) is 12.1 Å². The van der Waals surface area contributed by atoms with Gasteiger partial charge in [-0.3, -0.25) is 5.10 Å². The Balaban J connectivity index is 1.97. The van der Waals surface area contributed by atoms with Gasteiger partial charge in [0.15, 0.2) is 0 Å². The number of anilines is 1. The molecule has 0 aliphatic rings. The van der Waals surface area contributed by atoms with Gasteiger partial charge < -0.3 is 10.2 Å². The molecule has 0 aliphatic heterocycles. The summed E-state index contributed by atoms with van der Waals surface area (Å²) in [6, 6.07) is 3.84. The van der Waals surface area contributed by atoms with Crippen molar-refractivity contribution in [3.05, 3.63) is 35.9 Å². The van der Waals surface area contributed by atoms with Gasteiger partial charge in [-0.1, -0.05) is 0 Å². The maximum atomic E-state index is 5.63. The SMILES string of the molecule is Nc1[nH]ncc1CCc1ccco1. The van der Waals surface area contributed by atoms with E-state index >= 15 is 0 Å². The second-order valence-electron chi connectivity index (χ2n) is 2.89. The number of H-pyrrole nitrogens is 1. The molecular formula is C9H11N3O. The standard InChI is InChI=1S/C9H11N3O/c10-9-7(6-11-12-9)3-4-8-2-1-5-13-8/h1-2,5-6H,3-4H2,(H3,10,11,12). The highest BCUT2D eigenvalue weighted by atomic mass is 16.3. The fourth-order valence-corrected chi connectivity index (χ4v) is 1.23. The van der Waals surface area contributed by atoms with E-state index in [1.54, 1.807) is 12.5 Å². The maximum Gasteiger partial charge on any atom is 0.122 e. The van der Waals surface area contributed by atoms with Gasteiger partial charge in [0.05, 0.1) is 12.5 Å². The Morgan fingerprint density at radius 2 is 2.38 bits per heavy atom. The maximum absolute atomic E-state index is 5.63. The molecule has 0 bridgehead atoms. The first-order valence-electron chi connectivity index (χ1n) is 4.16. The predicted molar refractivity (Wildman–Crippen MR) is 49.1 cm³/mol. The number of nitrogen functional groups attached to an aromatic ring is 1. The van der Waals surface area contributed by atoms with Crippen LogP contribution in [0.3, 0.4) is 0 Å². The topological polar surface area (TPSA) is 67.8 Å². The summed E-state index contributed by atoms with van der Waals surface area (Å²) < 4.78 is 5.20. The van der Waals surface area contributed by atoms with Gasteiger partial charge in [0.1, 0.15) is 11.6 Å². The van der Waals surface area contributed by atoms with E-state index in [0.29, 0.717) is 5.82 Å². The highest BCUT2D eigenvalue weighted by molar-refractivity contribution is 5.36. The molecule has 0 saturated carbocycles. The van der Waals surface area contributed by atoms with Crippen molar-refractivity contribution in [2.24, 2.45) is 0 Å². The molecule has 0 spiro atoms. The fraction of sp³-hybridized carbons (Fsp3) is 0.222. The normalized spacial score (nSPS) is 10.5. The molecule has 0 amide bonds. The van der Waals surface area contributed by atoms with Gasteiger partial charge in [0.25, 0.3) is 0 Å². The van der Waals surface area contributed by atoms with Crippen molar-refractivity contribution in [2.45, 2.75) is 12.8 Å². The van der Waals surface area contributed by atoms with Crippen molar-refractivity contribution in [2.75, 3.05) is 5.73 Å². The number of rotatable bonds is 3. The monoisotopic (exact) mass is 177 g/mol. The van der Waals surface area contributed by atoms with Crippen LogP contribution in [0.15, 0.2) is 29.0 Å². The second kappa shape index (κ2) is 3.35. The quantitative estimate of drug-likeness (QED) is 0.744. The van der Waals surface area contributed by atoms with Crippen LogP contribution in [-0.4, -0.2) is 10.2 Å². The fourth-order valence-electron chi connectivity index (χ4n) is 1.23. The van der Waals surface area contributed by atoms with Crippen molar-refractivity contribution >= 4 is 5.82 Å². The molecule has 4 nitrogen and oxygen atoms in total. The van der Waals surface area contributed by atoms with Crippen LogP contribution >= 0.6 is 0 Å². The second-order valence-corrected chi connectivity index (χ2v) is 2.89. The Hall–Kier alpha value is -1.71. The molecule has 0 fully saturated rings. The van der Waals surface area contributed by atoms with Crippen LogP contribution in [0.4, 0.5) is 5.82 Å². The van der Waals surface area contributed by atoms with Crippen LogP contribution in [0.2, 0.25) is 0 Å². The Morgan fingerprint density at radius 1 is 1.46 bits per heavy atom. The number of aryl methyl sites for hydroxylation is 2. The Morgan fingerprint density at radius 3 is 3.00 bits per heavy atom. The molecule has 0 aromatic carbocycles. The van der Waals surface area contributed by atoms with Crippen LogP contribution in [0.1, 0.15) is 11.3 Å². The Kier molecular flexibility index (Phi) is 2.04. The smallest absolute Gasteiger partial charge is 0.122 e. The molecule has 2 aromatic rings. The number of nitrogens with one attached hydrogen (secondary N) is 1. The molecule has 13 heavy (non-hydrogen) atoms. The van der Waals surface area contributed by atoms with E-state index in [1.165, 1.54) is 0 Å². The van der Waals surface area contributed by atoms with Gasteiger partial charge in [-0.05, 0) is 18.6 Å². The van der Waals surface area contributed by atoms with E-state index < -0.39 is 0 Å². The minimum atomic E-state index is 0.645. The zero-order valence-corrected chi connectivity index (χ0v) is 7.16. The summed E-state index contributed by atoms with van der Waals surface area (Å²) in [6.45, 7) is 0. The summed E-state index contributed by atoms with van der Waals surface area (Å²) in [4.78, 5) is 0. The van der Waals surface area contributed by atoms with E-state index in [-0.39, 0.29) is 0 Å². The Bertz CT molecular complexity index is 364. The summed E-state index contributed by atoms with van der Waals surface area (Å²) >= 11 is 0. The molecule has 3 N–H and O–H groups in total. The summed E-state index contributed by atoms with van der Waals surface area (Å²) in [5, 5.41) is 6.54. The van der Waals surface area contributed by atoms with E-state index in [9.17, 15) is 0 Å². The van der Waals surface area contributed by atoms with Gasteiger partial charge in [-0.2, -0.15) is 5.10 Å². The highest BCUT2D eigenvalue weighted by Gasteiger charge is 2.02. The minimum Gasteiger partial charge on any atom is -0.469 e.